The topological polar surface area (TPSA) is 60.0 Å². The van der Waals surface area contributed by atoms with Crippen LogP contribution in [0.5, 0.6) is 0 Å². The average Bonchev–Trinajstić information content (AvgIpc) is 2.55. The van der Waals surface area contributed by atoms with E-state index in [1.165, 1.54) is 31.2 Å². The van der Waals surface area contributed by atoms with Crippen molar-refractivity contribution in [1.82, 2.24) is 0 Å². The van der Waals surface area contributed by atoms with Gasteiger partial charge in [-0.05, 0) is 17.7 Å². The molecule has 0 saturated carbocycles. The lowest BCUT2D eigenvalue weighted by atomic mass is 9.94. The van der Waals surface area contributed by atoms with Gasteiger partial charge in [0.25, 0.3) is 0 Å². The van der Waals surface area contributed by atoms with Gasteiger partial charge in [-0.15, -0.1) is 0 Å². The Bertz CT molecular complexity index is 670. The van der Waals surface area contributed by atoms with E-state index in [0.29, 0.717) is 11.1 Å². The van der Waals surface area contributed by atoms with Gasteiger partial charge in [0.1, 0.15) is 5.82 Å². The minimum absolute atomic E-state index is 0.149. The number of ketones is 1. The molecule has 2 N–H and O–H groups in total. The Labute approximate surface area is 134 Å². The fourth-order valence-corrected chi connectivity index (χ4v) is 2.44. The number of carbonyl (C=O) groups is 2. The first kappa shape index (κ1) is 16.8. The Kier molecular flexibility index (Phi) is 5.60. The summed E-state index contributed by atoms with van der Waals surface area (Å²) in [7, 11) is 1.74. The van der Waals surface area contributed by atoms with Crippen molar-refractivity contribution in [3.63, 3.8) is 0 Å². The number of Topliss-reactive ketones (excluding diaryl/α,β-unsaturated/α-hetero) is 1. The molecule has 23 heavy (non-hydrogen) atoms. The zero-order valence-electron chi connectivity index (χ0n) is 13.0. The quantitative estimate of drug-likeness (QED) is 0.654. The van der Waals surface area contributed by atoms with E-state index in [0.717, 1.165) is 0 Å². The lowest BCUT2D eigenvalue weighted by Crippen LogP contribution is -2.89. The van der Waals surface area contributed by atoms with Crippen molar-refractivity contribution in [2.24, 2.45) is 0 Å². The van der Waals surface area contributed by atoms with Crippen molar-refractivity contribution < 1.29 is 24.0 Å². The third-order valence-electron chi connectivity index (χ3n) is 3.54. The van der Waals surface area contributed by atoms with E-state index in [4.69, 9.17) is 4.74 Å². The lowest BCUT2D eigenvalue weighted by Gasteiger charge is -2.23. The summed E-state index contributed by atoms with van der Waals surface area (Å²) in [6.07, 6.45) is -0.786. The van der Waals surface area contributed by atoms with Gasteiger partial charge in [0.05, 0.1) is 7.05 Å². The molecular weight excluding hydrogens is 297 g/mol. The van der Waals surface area contributed by atoms with Crippen molar-refractivity contribution in [2.45, 2.75) is 19.1 Å². The SMILES string of the molecule is C[NH2+][C@@H](C(=O)c1ccccc1)[C@H](OC(C)=O)c1ccc(F)cc1. The number of likely N-dealkylation sites (N-methyl/N-ethyl adjacent to an activating group) is 1. The second-order valence-corrected chi connectivity index (χ2v) is 5.17. The largest absolute Gasteiger partial charge is 0.451 e. The molecule has 2 atom stereocenters. The molecule has 0 aliphatic rings. The maximum absolute atomic E-state index is 13.1. The van der Waals surface area contributed by atoms with Crippen LogP contribution in [0.1, 0.15) is 28.9 Å². The Morgan fingerprint density at radius 3 is 2.17 bits per heavy atom. The highest BCUT2D eigenvalue weighted by molar-refractivity contribution is 5.99. The minimum Gasteiger partial charge on any atom is -0.451 e. The molecule has 0 bridgehead atoms. The predicted molar refractivity (Wildman–Crippen MR) is 83.3 cm³/mol. The summed E-state index contributed by atoms with van der Waals surface area (Å²) in [6.45, 7) is 1.29. The van der Waals surface area contributed by atoms with E-state index in [9.17, 15) is 14.0 Å². The number of ether oxygens (including phenoxy) is 1. The summed E-state index contributed by atoms with van der Waals surface area (Å²) in [5.41, 5.74) is 1.11. The number of quaternary nitrogens is 1. The molecule has 120 valence electrons. The Morgan fingerprint density at radius 2 is 1.65 bits per heavy atom. The van der Waals surface area contributed by atoms with Crippen molar-refractivity contribution in [1.29, 1.82) is 0 Å². The highest BCUT2D eigenvalue weighted by Gasteiger charge is 2.35. The van der Waals surface area contributed by atoms with Gasteiger partial charge in [-0.1, -0.05) is 42.5 Å². The lowest BCUT2D eigenvalue weighted by molar-refractivity contribution is -0.657. The van der Waals surface area contributed by atoms with Crippen LogP contribution in [0, 0.1) is 5.82 Å². The fourth-order valence-electron chi connectivity index (χ4n) is 2.44. The Balaban J connectivity index is 2.37. The average molecular weight is 316 g/mol. The number of hydrogen-bond acceptors (Lipinski definition) is 3. The summed E-state index contributed by atoms with van der Waals surface area (Å²) in [4.78, 5) is 24.2. The number of hydrogen-bond donors (Lipinski definition) is 1. The number of carbonyl (C=O) groups excluding carboxylic acids is 2. The van der Waals surface area contributed by atoms with Crippen LogP contribution in [0.3, 0.4) is 0 Å². The molecular formula is C18H19FNO3+. The van der Waals surface area contributed by atoms with Crippen LogP contribution in [0.4, 0.5) is 4.39 Å². The minimum atomic E-state index is -0.786. The maximum Gasteiger partial charge on any atom is 0.303 e. The molecule has 0 aromatic heterocycles. The highest BCUT2D eigenvalue weighted by Crippen LogP contribution is 2.23. The highest BCUT2D eigenvalue weighted by atomic mass is 19.1. The van der Waals surface area contributed by atoms with E-state index in [1.54, 1.807) is 36.6 Å². The number of halogens is 1. The van der Waals surface area contributed by atoms with Crippen molar-refractivity contribution >= 4 is 11.8 Å². The molecule has 0 heterocycles. The van der Waals surface area contributed by atoms with Crippen molar-refractivity contribution in [3.05, 3.63) is 71.5 Å². The van der Waals surface area contributed by atoms with Crippen LogP contribution in [-0.2, 0) is 9.53 Å². The van der Waals surface area contributed by atoms with Gasteiger partial charge in [-0.2, -0.15) is 0 Å². The molecule has 0 amide bonds. The summed E-state index contributed by atoms with van der Waals surface area (Å²) in [6, 6.07) is 13.8. The van der Waals surface area contributed by atoms with E-state index < -0.39 is 18.1 Å². The summed E-state index contributed by atoms with van der Waals surface area (Å²) < 4.78 is 18.5. The van der Waals surface area contributed by atoms with E-state index in [1.807, 2.05) is 6.07 Å². The molecule has 5 heteroatoms. The van der Waals surface area contributed by atoms with Gasteiger partial charge in [0.15, 0.2) is 12.1 Å². The third-order valence-corrected chi connectivity index (χ3v) is 3.54. The second kappa shape index (κ2) is 7.65. The van der Waals surface area contributed by atoms with Gasteiger partial charge >= 0.3 is 5.97 Å². The first-order chi connectivity index (χ1) is 11.0. The van der Waals surface area contributed by atoms with Crippen molar-refractivity contribution in [2.75, 3.05) is 7.05 Å². The first-order valence-electron chi connectivity index (χ1n) is 7.34. The van der Waals surface area contributed by atoms with E-state index >= 15 is 0 Å². The second-order valence-electron chi connectivity index (χ2n) is 5.17. The molecule has 0 unspecified atom stereocenters. The molecule has 0 aliphatic carbocycles. The van der Waals surface area contributed by atoms with Crippen LogP contribution >= 0.6 is 0 Å². The monoisotopic (exact) mass is 316 g/mol. The van der Waals surface area contributed by atoms with Gasteiger partial charge in [-0.25, -0.2) is 4.39 Å². The van der Waals surface area contributed by atoms with E-state index in [2.05, 4.69) is 0 Å². The smallest absolute Gasteiger partial charge is 0.303 e. The number of benzene rings is 2. The molecule has 0 fully saturated rings. The van der Waals surface area contributed by atoms with Gasteiger partial charge in [0, 0.05) is 12.5 Å². The summed E-state index contributed by atoms with van der Waals surface area (Å²) in [5.74, 6) is -1.03. The zero-order chi connectivity index (χ0) is 16.8. The Morgan fingerprint density at radius 1 is 1.04 bits per heavy atom. The van der Waals surface area contributed by atoms with Crippen LogP contribution < -0.4 is 5.32 Å². The first-order valence-corrected chi connectivity index (χ1v) is 7.34. The molecule has 2 rings (SSSR count). The molecule has 0 saturated heterocycles. The molecule has 0 aliphatic heterocycles. The molecule has 2 aromatic rings. The fraction of sp³-hybridized carbons (Fsp3) is 0.222. The maximum atomic E-state index is 13.1. The van der Waals surface area contributed by atoms with Crippen LogP contribution in [0.15, 0.2) is 54.6 Å². The number of rotatable bonds is 6. The van der Waals surface area contributed by atoms with Crippen LogP contribution in [0.25, 0.3) is 0 Å². The number of nitrogens with two attached hydrogens (primary N) is 1. The van der Waals surface area contributed by atoms with Crippen LogP contribution in [-0.4, -0.2) is 24.8 Å². The standard InChI is InChI=1S/C18H18FNO3/c1-12(21)23-18(14-8-10-15(19)11-9-14)16(20-2)17(22)13-6-4-3-5-7-13/h3-11,16,18,20H,1-2H3/p+1/t16-,18+/m0/s1. The molecule has 0 spiro atoms. The van der Waals surface area contributed by atoms with E-state index in [-0.39, 0.29) is 11.6 Å². The third kappa shape index (κ3) is 4.23. The Hall–Kier alpha value is -2.53. The van der Waals surface area contributed by atoms with Gasteiger partial charge < -0.3 is 10.1 Å². The van der Waals surface area contributed by atoms with Gasteiger partial charge in [0.2, 0.25) is 5.78 Å². The molecule has 0 radical (unpaired) electrons. The predicted octanol–water partition coefficient (Wildman–Crippen LogP) is 1.87. The normalized spacial score (nSPS) is 13.2. The molecule has 4 nitrogen and oxygen atoms in total. The van der Waals surface area contributed by atoms with Crippen LogP contribution in [0.2, 0.25) is 0 Å². The summed E-state index contributed by atoms with van der Waals surface area (Å²) in [5, 5.41) is 1.70. The molecule has 2 aromatic carbocycles. The van der Waals surface area contributed by atoms with Gasteiger partial charge in [-0.3, -0.25) is 9.59 Å². The summed E-state index contributed by atoms with van der Waals surface area (Å²) >= 11 is 0. The number of esters is 1. The van der Waals surface area contributed by atoms with Crippen molar-refractivity contribution in [3.8, 4) is 0 Å². The zero-order valence-corrected chi connectivity index (χ0v) is 13.0.